The van der Waals surface area contributed by atoms with Crippen LogP contribution in [0.2, 0.25) is 0 Å². The first kappa shape index (κ1) is 12.6. The molecular weight excluding hydrogens is 212 g/mol. The zero-order valence-corrected chi connectivity index (χ0v) is 10.6. The van der Waals surface area contributed by atoms with Crippen molar-refractivity contribution >= 4 is 0 Å². The van der Waals surface area contributed by atoms with E-state index < -0.39 is 0 Å². The largest absolute Gasteiger partial charge is 0.377 e. The van der Waals surface area contributed by atoms with E-state index in [4.69, 9.17) is 10.6 Å². The number of hydrogen-bond acceptors (Lipinski definition) is 3. The summed E-state index contributed by atoms with van der Waals surface area (Å²) in [6.07, 6.45) is 2.47. The van der Waals surface area contributed by atoms with Gasteiger partial charge in [-0.1, -0.05) is 24.3 Å². The van der Waals surface area contributed by atoms with Gasteiger partial charge in [0.1, 0.15) is 0 Å². The van der Waals surface area contributed by atoms with Gasteiger partial charge in [-0.15, -0.1) is 0 Å². The van der Waals surface area contributed by atoms with Gasteiger partial charge in [0, 0.05) is 6.04 Å². The normalized spacial score (nSPS) is 17.4. The minimum absolute atomic E-state index is 0.241. The highest BCUT2D eigenvalue weighted by molar-refractivity contribution is 5.32. The molecule has 0 heterocycles. The van der Waals surface area contributed by atoms with Crippen molar-refractivity contribution in [2.75, 3.05) is 6.61 Å². The van der Waals surface area contributed by atoms with E-state index in [9.17, 15) is 0 Å². The second-order valence-electron chi connectivity index (χ2n) is 5.09. The van der Waals surface area contributed by atoms with Crippen LogP contribution in [0.25, 0.3) is 0 Å². The number of nitrogens with one attached hydrogen (secondary N) is 1. The second-order valence-corrected chi connectivity index (χ2v) is 5.09. The smallest absolute Gasteiger partial charge is 0.0639 e. The Hall–Kier alpha value is -0.900. The van der Waals surface area contributed by atoms with Crippen molar-refractivity contribution < 1.29 is 4.74 Å². The Morgan fingerprint density at radius 2 is 1.88 bits per heavy atom. The maximum atomic E-state index is 5.66. The van der Waals surface area contributed by atoms with E-state index in [2.05, 4.69) is 43.5 Å². The fourth-order valence-corrected chi connectivity index (χ4v) is 2.49. The lowest BCUT2D eigenvalue weighted by atomic mass is 9.98. The summed E-state index contributed by atoms with van der Waals surface area (Å²) in [5, 5.41) is 0. The third-order valence-electron chi connectivity index (χ3n) is 3.47. The molecule has 0 spiro atoms. The molecule has 0 amide bonds. The molecule has 0 aliphatic heterocycles. The lowest BCUT2D eigenvalue weighted by Gasteiger charge is -2.23. The molecule has 3 heteroatoms. The Balaban J connectivity index is 1.95. The Morgan fingerprint density at radius 1 is 1.29 bits per heavy atom. The van der Waals surface area contributed by atoms with Crippen molar-refractivity contribution in [2.24, 2.45) is 11.8 Å². The lowest BCUT2D eigenvalue weighted by molar-refractivity contribution is 0.0491. The van der Waals surface area contributed by atoms with Crippen molar-refractivity contribution in [3.05, 3.63) is 35.4 Å². The predicted molar refractivity (Wildman–Crippen MR) is 69.5 cm³/mol. The van der Waals surface area contributed by atoms with Crippen LogP contribution in [0.3, 0.4) is 0 Å². The summed E-state index contributed by atoms with van der Waals surface area (Å²) in [6, 6.07) is 8.89. The van der Waals surface area contributed by atoms with Crippen LogP contribution in [-0.2, 0) is 17.6 Å². The minimum atomic E-state index is 0.241. The van der Waals surface area contributed by atoms with Gasteiger partial charge in [-0.2, -0.15) is 0 Å². The topological polar surface area (TPSA) is 47.3 Å². The average Bonchev–Trinajstić information content (AvgIpc) is 2.72. The molecule has 1 unspecified atom stereocenters. The molecule has 1 aliphatic carbocycles. The lowest BCUT2D eigenvalue weighted by Crippen LogP contribution is -2.45. The van der Waals surface area contributed by atoms with Crippen LogP contribution in [0.1, 0.15) is 25.0 Å². The van der Waals surface area contributed by atoms with Gasteiger partial charge in [-0.05, 0) is 43.7 Å². The Labute approximate surface area is 103 Å². The van der Waals surface area contributed by atoms with Gasteiger partial charge >= 0.3 is 0 Å². The number of benzene rings is 1. The molecule has 1 aliphatic rings. The fraction of sp³-hybridized carbons (Fsp3) is 0.571. The Kier molecular flexibility index (Phi) is 4.15. The molecule has 0 saturated carbocycles. The third kappa shape index (κ3) is 3.06. The summed E-state index contributed by atoms with van der Waals surface area (Å²) in [6.45, 7) is 4.79. The highest BCUT2D eigenvalue weighted by Gasteiger charge is 2.28. The maximum absolute atomic E-state index is 5.66. The molecule has 3 N–H and O–H groups in total. The summed E-state index contributed by atoms with van der Waals surface area (Å²) in [5.41, 5.74) is 5.83. The van der Waals surface area contributed by atoms with Crippen molar-refractivity contribution in [1.82, 2.24) is 5.43 Å². The molecule has 0 aromatic heterocycles. The van der Waals surface area contributed by atoms with E-state index in [0.29, 0.717) is 12.5 Å². The molecule has 0 saturated heterocycles. The van der Waals surface area contributed by atoms with Gasteiger partial charge in [0.15, 0.2) is 0 Å². The average molecular weight is 234 g/mol. The first-order chi connectivity index (χ1) is 8.20. The van der Waals surface area contributed by atoms with Crippen molar-refractivity contribution in [3.8, 4) is 0 Å². The zero-order chi connectivity index (χ0) is 12.3. The molecule has 94 valence electrons. The SMILES string of the molecule is CC(C)OCC(NN)C1Cc2ccccc2C1. The first-order valence-electron chi connectivity index (χ1n) is 6.35. The third-order valence-corrected chi connectivity index (χ3v) is 3.47. The number of rotatable bonds is 5. The van der Waals surface area contributed by atoms with Gasteiger partial charge in [-0.3, -0.25) is 11.3 Å². The number of hydrazine groups is 1. The number of fused-ring (bicyclic) bond motifs is 1. The van der Waals surface area contributed by atoms with E-state index in [1.807, 2.05) is 0 Å². The number of nitrogens with two attached hydrogens (primary N) is 1. The molecule has 0 bridgehead atoms. The molecular formula is C14H22N2O. The molecule has 3 nitrogen and oxygen atoms in total. The highest BCUT2D eigenvalue weighted by atomic mass is 16.5. The molecule has 1 aromatic rings. The fourth-order valence-electron chi connectivity index (χ4n) is 2.49. The molecule has 1 atom stereocenters. The minimum Gasteiger partial charge on any atom is -0.377 e. The van der Waals surface area contributed by atoms with E-state index in [1.54, 1.807) is 0 Å². The van der Waals surface area contributed by atoms with Crippen LogP contribution in [0.4, 0.5) is 0 Å². The van der Waals surface area contributed by atoms with Gasteiger partial charge in [0.25, 0.3) is 0 Å². The molecule has 2 rings (SSSR count). The summed E-state index contributed by atoms with van der Waals surface area (Å²) < 4.78 is 5.66. The molecule has 0 radical (unpaired) electrons. The van der Waals surface area contributed by atoms with E-state index in [1.165, 1.54) is 11.1 Å². The van der Waals surface area contributed by atoms with Gasteiger partial charge < -0.3 is 4.74 Å². The van der Waals surface area contributed by atoms with Crippen molar-refractivity contribution in [2.45, 2.75) is 38.8 Å². The first-order valence-corrected chi connectivity index (χ1v) is 6.35. The van der Waals surface area contributed by atoms with Crippen LogP contribution in [0.15, 0.2) is 24.3 Å². The Bertz CT molecular complexity index is 340. The second kappa shape index (κ2) is 5.63. The van der Waals surface area contributed by atoms with Crippen LogP contribution in [0.5, 0.6) is 0 Å². The number of ether oxygens (including phenoxy) is 1. The van der Waals surface area contributed by atoms with Crippen molar-refractivity contribution in [3.63, 3.8) is 0 Å². The standard InChI is InChI=1S/C14H22N2O/c1-10(2)17-9-14(16-15)13-7-11-5-3-4-6-12(11)8-13/h3-6,10,13-14,16H,7-9,15H2,1-2H3. The van der Waals surface area contributed by atoms with Crippen LogP contribution in [0, 0.1) is 5.92 Å². The summed E-state index contributed by atoms with van der Waals surface area (Å²) in [7, 11) is 0. The van der Waals surface area contributed by atoms with E-state index in [-0.39, 0.29) is 12.1 Å². The number of hydrogen-bond donors (Lipinski definition) is 2. The molecule has 0 fully saturated rings. The van der Waals surface area contributed by atoms with Crippen LogP contribution < -0.4 is 11.3 Å². The summed E-state index contributed by atoms with van der Waals surface area (Å²) in [4.78, 5) is 0. The monoisotopic (exact) mass is 234 g/mol. The molecule has 17 heavy (non-hydrogen) atoms. The van der Waals surface area contributed by atoms with Crippen LogP contribution >= 0.6 is 0 Å². The summed E-state index contributed by atoms with van der Waals surface area (Å²) in [5.74, 6) is 6.20. The van der Waals surface area contributed by atoms with E-state index >= 15 is 0 Å². The predicted octanol–water partition coefficient (Wildman–Crippen LogP) is 1.66. The van der Waals surface area contributed by atoms with Gasteiger partial charge in [0.2, 0.25) is 0 Å². The maximum Gasteiger partial charge on any atom is 0.0639 e. The highest BCUT2D eigenvalue weighted by Crippen LogP contribution is 2.28. The van der Waals surface area contributed by atoms with Gasteiger partial charge in [0.05, 0.1) is 12.7 Å². The zero-order valence-electron chi connectivity index (χ0n) is 10.6. The summed E-state index contributed by atoms with van der Waals surface area (Å²) >= 11 is 0. The van der Waals surface area contributed by atoms with E-state index in [0.717, 1.165) is 12.8 Å². The quantitative estimate of drug-likeness (QED) is 0.601. The van der Waals surface area contributed by atoms with Crippen molar-refractivity contribution in [1.29, 1.82) is 0 Å². The van der Waals surface area contributed by atoms with Gasteiger partial charge in [-0.25, -0.2) is 0 Å². The Morgan fingerprint density at radius 3 is 2.35 bits per heavy atom. The molecule has 1 aromatic carbocycles. The van der Waals surface area contributed by atoms with Crippen LogP contribution in [-0.4, -0.2) is 18.8 Å².